The van der Waals surface area contributed by atoms with E-state index in [1.807, 2.05) is 48.6 Å². The molecule has 22 rings (SSSR count). The number of carbonyl (C=O) groups is 2. The fourth-order valence-corrected chi connectivity index (χ4v) is 25.2. The number of rotatable bonds is 21. The fraction of sp³-hybridized carbons (Fsp3) is 0. The van der Waals surface area contributed by atoms with Gasteiger partial charge in [0.1, 0.15) is 34.5 Å². The minimum Gasteiger partial charge on any atom is -0.423 e. The van der Waals surface area contributed by atoms with Crippen molar-refractivity contribution in [2.24, 2.45) is 0 Å². The Bertz CT molecular complexity index is 7090. The van der Waals surface area contributed by atoms with Crippen molar-refractivity contribution in [2.75, 3.05) is 0 Å². The molecular weight excluding hydrogens is 1540 g/mol. The fourth-order valence-electron chi connectivity index (χ4n) is 17.9. The first kappa shape index (κ1) is 69.9. The van der Waals surface area contributed by atoms with Crippen LogP contribution >= 0.6 is 32.3 Å². The summed E-state index contributed by atoms with van der Waals surface area (Å²) in [6.45, 7) is 42.4. The molecule has 0 atom stereocenters. The van der Waals surface area contributed by atoms with Gasteiger partial charge < -0.3 is 27.6 Å². The lowest BCUT2D eigenvalue weighted by Gasteiger charge is -2.23. The van der Waals surface area contributed by atoms with Crippen LogP contribution in [0.4, 0.5) is 0 Å². The summed E-state index contributed by atoms with van der Waals surface area (Å²) in [6, 6.07) is 57.7. The minimum atomic E-state index is -2.20. The second kappa shape index (κ2) is 26.4. The van der Waals surface area contributed by atoms with Gasteiger partial charge in [-0.2, -0.15) is 0 Å². The summed E-state index contributed by atoms with van der Waals surface area (Å²) in [5.41, 5.74) is 15.0. The molecule has 118 heavy (non-hydrogen) atoms. The maximum absolute atomic E-state index is 14.5. The summed E-state index contributed by atoms with van der Waals surface area (Å²) >= 11 is 0. The molecule has 0 bridgehead atoms. The average Bonchev–Trinajstić information content (AvgIpc) is 1.57. The van der Waals surface area contributed by atoms with Crippen molar-refractivity contribution in [3.05, 3.63) is 342 Å². The number of fused-ring (bicyclic) bond motifs is 4. The number of hydrogen-bond donors (Lipinski definition) is 0. The Hall–Kier alpha value is -14.7. The second-order valence-corrected chi connectivity index (χ2v) is 35.0. The van der Waals surface area contributed by atoms with Gasteiger partial charge in [0.05, 0.1) is 55.3 Å². The van der Waals surface area contributed by atoms with Crippen molar-refractivity contribution in [1.82, 2.24) is 33.3 Å². The van der Waals surface area contributed by atoms with E-state index in [0.717, 1.165) is 187 Å². The van der Waals surface area contributed by atoms with Gasteiger partial charge in [0, 0.05) is 172 Å². The smallest absolute Gasteiger partial charge is 0.335 e. The molecule has 16 nitrogen and oxygen atoms in total. The van der Waals surface area contributed by atoms with Crippen LogP contribution in [0.5, 0.6) is 34.5 Å². The SMILES string of the molecule is C=CC(=O)Oc1cc(Op2n3ccc4c(C=C)ccc(c5ccc(C=C)c6ccn2c65)c43)c(-c2c(Op3n4ccc5c(C=C)ccc(c6ccc(C=C)c7ccn3c76)c54)cc(OC(=O)C=C)cc2Op2n3ccc4c(C=C)ccc(c5ccc(C=C)c6ccn2c65)c43)c(Op2n3ccc4c(C=C)ccc(c5ccc(C=C)c6ccn2c65)c43)c1. The third-order valence-electron chi connectivity index (χ3n) is 23.1. The van der Waals surface area contributed by atoms with E-state index >= 15 is 0 Å². The molecule has 12 heterocycles. The van der Waals surface area contributed by atoms with Crippen molar-refractivity contribution >= 4 is 223 Å². The van der Waals surface area contributed by atoms with Gasteiger partial charge in [0.2, 0.25) is 32.3 Å². The van der Waals surface area contributed by atoms with Crippen molar-refractivity contribution in [2.45, 2.75) is 0 Å². The lowest BCUT2D eigenvalue weighted by molar-refractivity contribution is -0.129. The van der Waals surface area contributed by atoms with Crippen LogP contribution < -0.4 is 27.6 Å². The number of esters is 2. The number of nitrogens with zero attached hydrogens (tertiary/aromatic N) is 8. The monoisotopic (exact) mass is 1610 g/mol. The van der Waals surface area contributed by atoms with E-state index in [1.54, 1.807) is 24.3 Å². The Morgan fingerprint density at radius 2 is 0.390 bits per heavy atom. The second-order valence-electron chi connectivity index (χ2n) is 28.8. The first-order valence-electron chi connectivity index (χ1n) is 38.0. The molecule has 0 aliphatic carbocycles. The molecule has 22 aromatic rings. The van der Waals surface area contributed by atoms with Gasteiger partial charge in [0.25, 0.3) is 0 Å². The van der Waals surface area contributed by atoms with Crippen LogP contribution in [-0.2, 0) is 9.59 Å². The summed E-state index contributed by atoms with van der Waals surface area (Å²) in [6.07, 6.45) is 33.7. The molecule has 0 saturated heterocycles. The summed E-state index contributed by atoms with van der Waals surface area (Å²) in [5.74, 6) is -0.862. The molecular formula is C98H66N8O8P4. The Morgan fingerprint density at radius 1 is 0.229 bits per heavy atom. The number of benzene rings is 10. The summed E-state index contributed by atoms with van der Waals surface area (Å²) in [5, 5.41) is 15.2. The Labute approximate surface area is 676 Å². The van der Waals surface area contributed by atoms with Gasteiger partial charge in [-0.15, -0.1) is 0 Å². The summed E-state index contributed by atoms with van der Waals surface area (Å²) in [4.78, 5) is 29.0. The lowest BCUT2D eigenvalue weighted by atomic mass is 10.0. The highest BCUT2D eigenvalue weighted by atomic mass is 31.1. The van der Waals surface area contributed by atoms with Crippen molar-refractivity contribution < 1.29 is 37.2 Å². The molecule has 0 unspecified atom stereocenters. The maximum atomic E-state index is 14.5. The highest BCUT2D eigenvalue weighted by Crippen LogP contribution is 2.59. The molecule has 0 aliphatic heterocycles. The van der Waals surface area contributed by atoms with E-state index in [9.17, 15) is 9.59 Å². The van der Waals surface area contributed by atoms with Gasteiger partial charge in [-0.25, -0.2) is 9.59 Å². The predicted octanol–water partition coefficient (Wildman–Crippen LogP) is 27.2. The van der Waals surface area contributed by atoms with Crippen LogP contribution in [0.25, 0.3) is 190 Å². The molecule has 0 spiro atoms. The first-order valence-corrected chi connectivity index (χ1v) is 42.7. The van der Waals surface area contributed by atoms with Gasteiger partial charge in [-0.3, -0.25) is 33.3 Å². The zero-order valence-corrected chi connectivity index (χ0v) is 66.8. The predicted molar refractivity (Wildman–Crippen MR) is 493 cm³/mol. The van der Waals surface area contributed by atoms with Gasteiger partial charge >= 0.3 is 11.9 Å². The highest BCUT2D eigenvalue weighted by molar-refractivity contribution is 7.39. The molecule has 12 aromatic heterocycles. The number of hydrogen-bond acceptors (Lipinski definition) is 8. The van der Waals surface area contributed by atoms with Crippen LogP contribution in [0.3, 0.4) is 0 Å². The molecule has 0 saturated carbocycles. The summed E-state index contributed by atoms with van der Waals surface area (Å²) in [7, 11) is -8.81. The molecule has 0 radical (unpaired) electrons. The topological polar surface area (TPSA) is 125 Å². The van der Waals surface area contributed by atoms with Crippen LogP contribution in [0.1, 0.15) is 44.5 Å². The van der Waals surface area contributed by atoms with Gasteiger partial charge in [0.15, 0.2) is 0 Å². The van der Waals surface area contributed by atoms with Crippen molar-refractivity contribution in [3.63, 3.8) is 0 Å². The summed E-state index contributed by atoms with van der Waals surface area (Å²) < 4.78 is 64.1. The van der Waals surface area contributed by atoms with Gasteiger partial charge in [-0.1, -0.05) is 211 Å². The normalized spacial score (nSPS) is 12.0. The first-order chi connectivity index (χ1) is 57.9. The van der Waals surface area contributed by atoms with Crippen molar-refractivity contribution in [1.29, 1.82) is 0 Å². The molecule has 566 valence electrons. The quantitative estimate of drug-likeness (QED) is 0.0396. The lowest BCUT2D eigenvalue weighted by Crippen LogP contribution is -2.06. The molecule has 0 N–H and O–H groups in total. The highest BCUT2D eigenvalue weighted by Gasteiger charge is 2.34. The Balaban J connectivity index is 0.952. The average molecular weight is 1610 g/mol. The molecule has 0 aliphatic rings. The third kappa shape index (κ3) is 9.86. The number of ether oxygens (including phenoxy) is 2. The van der Waals surface area contributed by atoms with Gasteiger partial charge in [-0.05, 0) is 93.0 Å². The Morgan fingerprint density at radius 3 is 0.534 bits per heavy atom. The van der Waals surface area contributed by atoms with Crippen LogP contribution in [0, 0.1) is 0 Å². The number of carbonyl (C=O) groups excluding carboxylic acids is 2. The minimum absolute atomic E-state index is 0.0384. The van der Waals surface area contributed by atoms with Crippen molar-refractivity contribution in [3.8, 4) is 45.6 Å². The molecule has 0 fully saturated rings. The number of aromatic nitrogens is 8. The van der Waals surface area contributed by atoms with E-state index in [-0.39, 0.29) is 45.6 Å². The van der Waals surface area contributed by atoms with E-state index in [1.165, 1.54) is 0 Å². The third-order valence-corrected chi connectivity index (χ3v) is 30.2. The standard InChI is InChI=1S/C98H66N8O8P4/c1-11-57-21-29-75-76-30-22-58(12-2)68-38-46-100(92(68)76)115(99-45-37-67(57)91(75)99)111-83-53-65(109-87(107)19-9)54-84(112-116-101-47-39-69-59(13-3)23-31-77(93(69)101)78-32-24-60(14-4)70-40-48-102(116)94(70)78)89(83)90-85(113-117-103-49-41-71-61(15-5)25-33-79(95(71)103)80-34-26-62(16-6)72-42-50-104(117)96(72)80)55-66(110-88(108)20-10)56-86(90)114-118-105-51-43-73-63(17-7)27-35-81(97(73)105)82-36-28-64(18-8)74-44-52-106(118)98(74)82/h11-56H,1-10H2. The van der Waals surface area contributed by atoms with Crippen LogP contribution in [0.2, 0.25) is 0 Å². The zero-order chi connectivity index (χ0) is 79.9. The van der Waals surface area contributed by atoms with E-state index < -0.39 is 44.2 Å². The molecule has 10 aromatic carbocycles. The largest absolute Gasteiger partial charge is 0.423 e. The van der Waals surface area contributed by atoms with Crippen LogP contribution in [0.15, 0.2) is 297 Å². The molecule has 20 heteroatoms. The van der Waals surface area contributed by atoms with E-state index in [4.69, 9.17) is 27.6 Å². The van der Waals surface area contributed by atoms with E-state index in [2.05, 4.69) is 294 Å². The zero-order valence-electron chi connectivity index (χ0n) is 63.3. The maximum Gasteiger partial charge on any atom is 0.335 e. The van der Waals surface area contributed by atoms with Crippen LogP contribution in [-0.4, -0.2) is 45.2 Å². The molecule has 0 amide bonds. The van der Waals surface area contributed by atoms with E-state index in [0.29, 0.717) is 0 Å². The Kier molecular flexibility index (Phi) is 15.7.